The van der Waals surface area contributed by atoms with E-state index in [1.54, 1.807) is 0 Å². The Morgan fingerprint density at radius 1 is 0.906 bits per heavy atom. The van der Waals surface area contributed by atoms with Gasteiger partial charge in [-0.1, -0.05) is 13.8 Å². The summed E-state index contributed by atoms with van der Waals surface area (Å²) in [6.07, 6.45) is 9.13. The summed E-state index contributed by atoms with van der Waals surface area (Å²) in [6, 6.07) is 0.392. The number of aliphatic hydroxyl groups is 2. The summed E-state index contributed by atoms with van der Waals surface area (Å²) in [5.41, 5.74) is -0.475. The first-order valence-corrected chi connectivity index (χ1v) is 13.8. The van der Waals surface area contributed by atoms with Gasteiger partial charge in [-0.05, 0) is 81.0 Å². The zero-order valence-corrected chi connectivity index (χ0v) is 20.8. The molecule has 4 heteroatoms. The molecule has 32 heavy (non-hydrogen) atoms. The number of nitrogens with zero attached hydrogens (tertiary/aromatic N) is 1. The number of Topliss-reactive ketones (excluding diaryl/α,β-unsaturated/α-hetero) is 1. The van der Waals surface area contributed by atoms with E-state index in [4.69, 9.17) is 0 Å². The molecule has 0 amide bonds. The fourth-order valence-electron chi connectivity index (χ4n) is 11.3. The number of carbonyl (C=O) groups excluding carboxylic acids is 1. The van der Waals surface area contributed by atoms with E-state index in [0.29, 0.717) is 53.8 Å². The average molecular weight is 445 g/mol. The number of piperidine rings is 2. The molecule has 2 N–H and O–H groups in total. The molecule has 6 fully saturated rings. The Kier molecular flexibility index (Phi) is 4.85. The van der Waals surface area contributed by atoms with Crippen LogP contribution in [0.5, 0.6) is 0 Å². The minimum atomic E-state index is -0.562. The van der Waals surface area contributed by atoms with Crippen LogP contribution in [-0.4, -0.2) is 58.4 Å². The van der Waals surface area contributed by atoms with Gasteiger partial charge in [-0.15, -0.1) is 0 Å². The molecule has 0 aromatic carbocycles. The summed E-state index contributed by atoms with van der Waals surface area (Å²) in [7, 11) is 2.44. The normalized spacial score (nSPS) is 61.8. The smallest absolute Gasteiger partial charge is 0.136 e. The second-order valence-electron chi connectivity index (χ2n) is 14.1. The van der Waals surface area contributed by atoms with E-state index < -0.39 is 5.60 Å². The van der Waals surface area contributed by atoms with Gasteiger partial charge < -0.3 is 14.7 Å². The van der Waals surface area contributed by atoms with Crippen molar-refractivity contribution in [2.45, 2.75) is 96.3 Å². The highest BCUT2D eigenvalue weighted by atomic mass is 16.3. The molecule has 4 nitrogen and oxygen atoms in total. The van der Waals surface area contributed by atoms with Gasteiger partial charge in [-0.3, -0.25) is 4.79 Å². The highest BCUT2D eigenvalue weighted by molar-refractivity contribution is 5.83. The van der Waals surface area contributed by atoms with Gasteiger partial charge in [0, 0.05) is 36.5 Å². The summed E-state index contributed by atoms with van der Waals surface area (Å²) in [5, 5.41) is 22.3. The summed E-state index contributed by atoms with van der Waals surface area (Å²) >= 11 is 0. The predicted octanol–water partition coefficient (Wildman–Crippen LogP) is 4.03. The number of quaternary nitrogens is 1. The van der Waals surface area contributed by atoms with Crippen molar-refractivity contribution in [2.24, 2.45) is 52.8 Å². The number of aliphatic hydroxyl groups excluding tert-OH is 1. The lowest BCUT2D eigenvalue weighted by Gasteiger charge is -2.62. The summed E-state index contributed by atoms with van der Waals surface area (Å²) in [5.74, 6) is 4.87. The van der Waals surface area contributed by atoms with Crippen molar-refractivity contribution < 1.29 is 19.5 Å². The molecule has 2 heterocycles. The Morgan fingerprint density at radius 3 is 2.47 bits per heavy atom. The molecule has 4 aliphatic carbocycles. The standard InChI is InChI=1S/C28H46NO3/c1-16-5-8-26-28(3,32)22-7-6-18-19(21(22)15-29(26,4)14-16)12-23-20(18)13-25(31)24-11-17(30)9-10-27(23,24)2/h16-24,26,30,32H,5-15H2,1-4H3/q+1. The van der Waals surface area contributed by atoms with Crippen molar-refractivity contribution in [1.29, 1.82) is 0 Å². The van der Waals surface area contributed by atoms with Crippen LogP contribution in [0.25, 0.3) is 0 Å². The van der Waals surface area contributed by atoms with Crippen molar-refractivity contribution in [3.63, 3.8) is 0 Å². The molecule has 4 saturated carbocycles. The molecule has 180 valence electrons. The van der Waals surface area contributed by atoms with Gasteiger partial charge >= 0.3 is 0 Å². The lowest BCUT2D eigenvalue weighted by molar-refractivity contribution is -0.959. The van der Waals surface area contributed by atoms with Gasteiger partial charge in [-0.2, -0.15) is 0 Å². The summed E-state index contributed by atoms with van der Waals surface area (Å²) in [6.45, 7) is 9.44. The van der Waals surface area contributed by atoms with E-state index in [1.807, 2.05) is 0 Å². The Morgan fingerprint density at radius 2 is 1.69 bits per heavy atom. The zero-order valence-electron chi connectivity index (χ0n) is 20.8. The number of hydrogen-bond acceptors (Lipinski definition) is 3. The lowest BCUT2D eigenvalue weighted by atomic mass is 9.51. The third-order valence-corrected chi connectivity index (χ3v) is 12.5. The van der Waals surface area contributed by atoms with Gasteiger partial charge in [0.2, 0.25) is 0 Å². The summed E-state index contributed by atoms with van der Waals surface area (Å²) < 4.78 is 1.07. The number of fused-ring (bicyclic) bond motifs is 8. The fraction of sp³-hybridized carbons (Fsp3) is 0.964. The molecule has 2 aliphatic heterocycles. The Labute approximate surface area is 194 Å². The zero-order chi connectivity index (χ0) is 22.6. The van der Waals surface area contributed by atoms with Crippen molar-refractivity contribution in [3.8, 4) is 0 Å². The molecule has 13 atom stereocenters. The number of rotatable bonds is 0. The molecule has 6 rings (SSSR count). The summed E-state index contributed by atoms with van der Waals surface area (Å²) in [4.78, 5) is 13.3. The third kappa shape index (κ3) is 2.87. The monoisotopic (exact) mass is 444 g/mol. The molecule has 0 aromatic heterocycles. The minimum absolute atomic E-state index is 0.0785. The molecule has 13 unspecified atom stereocenters. The topological polar surface area (TPSA) is 57.5 Å². The maximum Gasteiger partial charge on any atom is 0.136 e. The van der Waals surface area contributed by atoms with Crippen LogP contribution in [0.1, 0.15) is 78.6 Å². The minimum Gasteiger partial charge on any atom is -0.393 e. The van der Waals surface area contributed by atoms with E-state index >= 15 is 0 Å². The molecule has 6 aliphatic rings. The molecule has 0 bridgehead atoms. The van der Waals surface area contributed by atoms with Gasteiger partial charge in [0.25, 0.3) is 0 Å². The molecule has 0 aromatic rings. The first-order valence-electron chi connectivity index (χ1n) is 13.8. The highest BCUT2D eigenvalue weighted by Crippen LogP contribution is 2.67. The second kappa shape index (κ2) is 7.04. The second-order valence-corrected chi connectivity index (χ2v) is 14.1. The number of carbonyl (C=O) groups is 1. The van der Waals surface area contributed by atoms with Crippen LogP contribution in [0.2, 0.25) is 0 Å². The maximum absolute atomic E-state index is 13.3. The van der Waals surface area contributed by atoms with E-state index in [1.165, 1.54) is 38.8 Å². The number of hydrogen-bond donors (Lipinski definition) is 2. The average Bonchev–Trinajstić information content (AvgIpc) is 3.08. The molecular formula is C28H46NO3+. The van der Waals surface area contributed by atoms with Gasteiger partial charge in [-0.25, -0.2) is 0 Å². The third-order valence-electron chi connectivity index (χ3n) is 12.5. The predicted molar refractivity (Wildman–Crippen MR) is 125 cm³/mol. The Bertz CT molecular complexity index is 791. The quantitative estimate of drug-likeness (QED) is 0.555. The van der Waals surface area contributed by atoms with Crippen molar-refractivity contribution in [2.75, 3.05) is 20.1 Å². The fourth-order valence-corrected chi connectivity index (χ4v) is 11.3. The Balaban J connectivity index is 1.33. The van der Waals surface area contributed by atoms with Crippen LogP contribution >= 0.6 is 0 Å². The van der Waals surface area contributed by atoms with Crippen molar-refractivity contribution in [1.82, 2.24) is 0 Å². The van der Waals surface area contributed by atoms with Gasteiger partial charge in [0.05, 0.1) is 26.2 Å². The van der Waals surface area contributed by atoms with Crippen LogP contribution in [0.3, 0.4) is 0 Å². The van der Waals surface area contributed by atoms with Crippen LogP contribution in [0, 0.1) is 52.8 Å². The van der Waals surface area contributed by atoms with Crippen molar-refractivity contribution in [3.05, 3.63) is 0 Å². The first-order chi connectivity index (χ1) is 15.0. The van der Waals surface area contributed by atoms with Gasteiger partial charge in [0.1, 0.15) is 17.4 Å². The van der Waals surface area contributed by atoms with Crippen LogP contribution in [0.4, 0.5) is 0 Å². The van der Waals surface area contributed by atoms with Gasteiger partial charge in [0.15, 0.2) is 0 Å². The maximum atomic E-state index is 13.3. The van der Waals surface area contributed by atoms with E-state index in [-0.39, 0.29) is 17.4 Å². The highest BCUT2D eigenvalue weighted by Gasteiger charge is 2.67. The molecule has 0 spiro atoms. The lowest BCUT2D eigenvalue weighted by Crippen LogP contribution is -2.74. The first kappa shape index (κ1) is 22.0. The van der Waals surface area contributed by atoms with Crippen LogP contribution < -0.4 is 0 Å². The van der Waals surface area contributed by atoms with E-state index in [0.717, 1.165) is 36.1 Å². The molecule has 2 saturated heterocycles. The molecule has 0 radical (unpaired) electrons. The van der Waals surface area contributed by atoms with E-state index in [2.05, 4.69) is 27.8 Å². The largest absolute Gasteiger partial charge is 0.393 e. The number of ketones is 1. The van der Waals surface area contributed by atoms with Crippen LogP contribution in [0.15, 0.2) is 0 Å². The SMILES string of the molecule is CC1CCC2C(C)(O)C3CCC4C(CC5C4CC(=O)C4CC(O)CCC45C)C3C[N+]2(C)C1. The van der Waals surface area contributed by atoms with E-state index in [9.17, 15) is 15.0 Å². The molecular weight excluding hydrogens is 398 g/mol. The Hall–Kier alpha value is -0.450. The number of likely N-dealkylation sites (N-methyl/N-ethyl adjacent to an activating group) is 1. The van der Waals surface area contributed by atoms with Crippen molar-refractivity contribution >= 4 is 5.78 Å². The van der Waals surface area contributed by atoms with Crippen LogP contribution in [-0.2, 0) is 4.79 Å².